The Hall–Kier alpha value is -1.62. The summed E-state index contributed by atoms with van der Waals surface area (Å²) >= 11 is 0. The second-order valence-corrected chi connectivity index (χ2v) is 3.76. The summed E-state index contributed by atoms with van der Waals surface area (Å²) in [4.78, 5) is 12.4. The van der Waals surface area contributed by atoms with Gasteiger partial charge in [0.05, 0.1) is 12.6 Å². The highest BCUT2D eigenvalue weighted by Crippen LogP contribution is 2.20. The standard InChI is InChI=1S/C10H13N3O2/c11-9-6-12(7-10(9)13(14)15)8-4-2-1-3-5-8/h1-5,9-10H,6-7,11H2. The highest BCUT2D eigenvalue weighted by Gasteiger charge is 2.38. The molecule has 0 radical (unpaired) electrons. The molecule has 1 aliphatic heterocycles. The van der Waals surface area contributed by atoms with E-state index in [4.69, 9.17) is 5.73 Å². The van der Waals surface area contributed by atoms with E-state index in [1.54, 1.807) is 0 Å². The van der Waals surface area contributed by atoms with E-state index in [-0.39, 0.29) is 11.0 Å². The molecule has 2 unspecified atom stereocenters. The van der Waals surface area contributed by atoms with E-state index in [1.807, 2.05) is 35.2 Å². The van der Waals surface area contributed by atoms with Crippen LogP contribution in [0.4, 0.5) is 5.69 Å². The zero-order valence-electron chi connectivity index (χ0n) is 8.24. The maximum absolute atomic E-state index is 10.7. The number of para-hydroxylation sites is 1. The normalized spacial score (nSPS) is 25.5. The van der Waals surface area contributed by atoms with Crippen LogP contribution in [0.25, 0.3) is 0 Å². The van der Waals surface area contributed by atoms with Gasteiger partial charge >= 0.3 is 0 Å². The zero-order chi connectivity index (χ0) is 10.8. The van der Waals surface area contributed by atoms with Gasteiger partial charge in [0, 0.05) is 17.2 Å². The third kappa shape index (κ3) is 1.92. The number of hydrogen-bond donors (Lipinski definition) is 1. The van der Waals surface area contributed by atoms with E-state index in [0.29, 0.717) is 13.1 Å². The first kappa shape index (κ1) is 9.92. The monoisotopic (exact) mass is 207 g/mol. The third-order valence-electron chi connectivity index (χ3n) is 2.73. The summed E-state index contributed by atoms with van der Waals surface area (Å²) in [6.45, 7) is 0.952. The van der Waals surface area contributed by atoms with Crippen molar-refractivity contribution in [1.82, 2.24) is 0 Å². The van der Waals surface area contributed by atoms with Crippen LogP contribution in [0.5, 0.6) is 0 Å². The van der Waals surface area contributed by atoms with Crippen LogP contribution in [0.2, 0.25) is 0 Å². The second-order valence-electron chi connectivity index (χ2n) is 3.76. The summed E-state index contributed by atoms with van der Waals surface area (Å²) in [6.07, 6.45) is 0. The molecule has 2 rings (SSSR count). The molecular formula is C10H13N3O2. The number of nitro groups is 1. The molecule has 2 N–H and O–H groups in total. The molecule has 0 aliphatic carbocycles. The lowest BCUT2D eigenvalue weighted by molar-refractivity contribution is -0.518. The molecule has 0 aromatic heterocycles. The van der Waals surface area contributed by atoms with Gasteiger partial charge < -0.3 is 10.6 Å². The Kier molecular flexibility index (Phi) is 2.55. The lowest BCUT2D eigenvalue weighted by Gasteiger charge is -2.16. The number of nitrogens with zero attached hydrogens (tertiary/aromatic N) is 2. The summed E-state index contributed by atoms with van der Waals surface area (Å²) in [5, 5.41) is 10.7. The van der Waals surface area contributed by atoms with Crippen LogP contribution in [0, 0.1) is 10.1 Å². The molecule has 5 nitrogen and oxygen atoms in total. The SMILES string of the molecule is NC1CN(c2ccccc2)CC1[N+](=O)[O-]. The van der Waals surface area contributed by atoms with E-state index >= 15 is 0 Å². The molecule has 1 aliphatic rings. The second kappa shape index (κ2) is 3.86. The Bertz CT molecular complexity index is 355. The number of hydrogen-bond acceptors (Lipinski definition) is 4. The zero-order valence-corrected chi connectivity index (χ0v) is 8.24. The van der Waals surface area contributed by atoms with Crippen molar-refractivity contribution in [2.24, 2.45) is 5.73 Å². The molecule has 15 heavy (non-hydrogen) atoms. The van der Waals surface area contributed by atoms with Crippen molar-refractivity contribution in [2.75, 3.05) is 18.0 Å². The predicted molar refractivity (Wildman–Crippen MR) is 57.4 cm³/mol. The Morgan fingerprint density at radius 2 is 2.00 bits per heavy atom. The first-order chi connectivity index (χ1) is 7.18. The predicted octanol–water partition coefficient (Wildman–Crippen LogP) is 0.479. The lowest BCUT2D eigenvalue weighted by Crippen LogP contribution is -2.38. The highest BCUT2D eigenvalue weighted by molar-refractivity contribution is 5.47. The molecule has 1 aromatic carbocycles. The van der Waals surface area contributed by atoms with Crippen molar-refractivity contribution < 1.29 is 4.92 Å². The smallest absolute Gasteiger partial charge is 0.246 e. The maximum atomic E-state index is 10.7. The number of anilines is 1. The molecular weight excluding hydrogens is 194 g/mol. The van der Waals surface area contributed by atoms with E-state index in [0.717, 1.165) is 5.69 Å². The van der Waals surface area contributed by atoms with Crippen molar-refractivity contribution in [3.8, 4) is 0 Å². The average Bonchev–Trinajstić information content (AvgIpc) is 2.62. The van der Waals surface area contributed by atoms with Gasteiger partial charge in [0.15, 0.2) is 0 Å². The van der Waals surface area contributed by atoms with Gasteiger partial charge in [0.1, 0.15) is 0 Å². The molecule has 80 valence electrons. The number of rotatable bonds is 2. The topological polar surface area (TPSA) is 72.4 Å². The summed E-state index contributed by atoms with van der Waals surface area (Å²) in [5.41, 5.74) is 6.72. The fourth-order valence-corrected chi connectivity index (χ4v) is 1.88. The van der Waals surface area contributed by atoms with Gasteiger partial charge in [-0.05, 0) is 12.1 Å². The van der Waals surface area contributed by atoms with Crippen LogP contribution in [0.15, 0.2) is 30.3 Å². The molecule has 0 spiro atoms. The van der Waals surface area contributed by atoms with Gasteiger partial charge in [-0.1, -0.05) is 18.2 Å². The number of benzene rings is 1. The average molecular weight is 207 g/mol. The molecule has 0 amide bonds. The van der Waals surface area contributed by atoms with Gasteiger partial charge in [-0.2, -0.15) is 0 Å². The lowest BCUT2D eigenvalue weighted by atomic mass is 10.2. The van der Waals surface area contributed by atoms with Crippen LogP contribution in [-0.2, 0) is 0 Å². The fourth-order valence-electron chi connectivity index (χ4n) is 1.88. The Morgan fingerprint density at radius 3 is 2.53 bits per heavy atom. The van der Waals surface area contributed by atoms with Crippen molar-refractivity contribution >= 4 is 5.69 Å². The largest absolute Gasteiger partial charge is 0.363 e. The van der Waals surface area contributed by atoms with Crippen molar-refractivity contribution in [1.29, 1.82) is 0 Å². The molecule has 5 heteroatoms. The minimum absolute atomic E-state index is 0.284. The highest BCUT2D eigenvalue weighted by atomic mass is 16.6. The molecule has 1 fully saturated rings. The molecule has 1 heterocycles. The maximum Gasteiger partial charge on any atom is 0.246 e. The van der Waals surface area contributed by atoms with Gasteiger partial charge in [-0.15, -0.1) is 0 Å². The minimum atomic E-state index is -0.648. The summed E-state index contributed by atoms with van der Waals surface area (Å²) in [6, 6.07) is 8.61. The van der Waals surface area contributed by atoms with E-state index in [9.17, 15) is 10.1 Å². The Morgan fingerprint density at radius 1 is 1.33 bits per heavy atom. The first-order valence-electron chi connectivity index (χ1n) is 4.87. The van der Waals surface area contributed by atoms with Gasteiger partial charge in [-0.25, -0.2) is 0 Å². The summed E-state index contributed by atoms with van der Waals surface area (Å²) in [5.74, 6) is 0. The molecule has 0 saturated carbocycles. The van der Waals surface area contributed by atoms with Crippen LogP contribution in [-0.4, -0.2) is 30.1 Å². The van der Waals surface area contributed by atoms with Gasteiger partial charge in [0.25, 0.3) is 0 Å². The third-order valence-corrected chi connectivity index (χ3v) is 2.73. The van der Waals surface area contributed by atoms with Crippen LogP contribution in [0.3, 0.4) is 0 Å². The quantitative estimate of drug-likeness (QED) is 0.565. The van der Waals surface area contributed by atoms with Crippen molar-refractivity contribution in [3.63, 3.8) is 0 Å². The molecule has 2 atom stereocenters. The van der Waals surface area contributed by atoms with Crippen LogP contribution >= 0.6 is 0 Å². The Labute approximate surface area is 87.6 Å². The molecule has 0 bridgehead atoms. The van der Waals surface area contributed by atoms with E-state index < -0.39 is 6.04 Å². The van der Waals surface area contributed by atoms with Crippen LogP contribution < -0.4 is 10.6 Å². The van der Waals surface area contributed by atoms with Gasteiger partial charge in [0.2, 0.25) is 6.04 Å². The van der Waals surface area contributed by atoms with Crippen molar-refractivity contribution in [3.05, 3.63) is 40.4 Å². The van der Waals surface area contributed by atoms with Crippen molar-refractivity contribution in [2.45, 2.75) is 12.1 Å². The summed E-state index contributed by atoms with van der Waals surface area (Å²) < 4.78 is 0. The first-order valence-corrected chi connectivity index (χ1v) is 4.87. The fraction of sp³-hybridized carbons (Fsp3) is 0.400. The summed E-state index contributed by atoms with van der Waals surface area (Å²) in [7, 11) is 0. The molecule has 1 aromatic rings. The van der Waals surface area contributed by atoms with Gasteiger partial charge in [-0.3, -0.25) is 10.1 Å². The van der Waals surface area contributed by atoms with Crippen LogP contribution in [0.1, 0.15) is 0 Å². The van der Waals surface area contributed by atoms with E-state index in [1.165, 1.54) is 0 Å². The number of nitrogens with two attached hydrogens (primary N) is 1. The Balaban J connectivity index is 2.13. The minimum Gasteiger partial charge on any atom is -0.363 e. The molecule has 1 saturated heterocycles. The van der Waals surface area contributed by atoms with E-state index in [2.05, 4.69) is 0 Å².